The number of aromatic nitrogens is 1. The van der Waals surface area contributed by atoms with Crippen LogP contribution in [0.4, 0.5) is 0 Å². The molecular weight excluding hydrogens is 497 g/mol. The number of hydrogen-bond acceptors (Lipinski definition) is 5. The summed E-state index contributed by atoms with van der Waals surface area (Å²) in [6.07, 6.45) is 0. The third-order valence-electron chi connectivity index (χ3n) is 4.86. The molecule has 0 spiro atoms. The number of thiazole rings is 1. The van der Waals surface area contributed by atoms with Crippen LogP contribution in [0.3, 0.4) is 0 Å². The molecule has 1 aliphatic rings. The van der Waals surface area contributed by atoms with Crippen LogP contribution >= 0.6 is 35.3 Å². The third-order valence-corrected chi connectivity index (χ3v) is 5.92. The maximum atomic E-state index is 5.82. The van der Waals surface area contributed by atoms with E-state index in [1.165, 1.54) is 4.88 Å². The van der Waals surface area contributed by atoms with Crippen molar-refractivity contribution in [3.8, 4) is 5.75 Å². The molecule has 0 radical (unpaired) electrons. The molecule has 1 saturated heterocycles. The van der Waals surface area contributed by atoms with Crippen LogP contribution in [-0.4, -0.2) is 66.6 Å². The highest BCUT2D eigenvalue weighted by molar-refractivity contribution is 14.0. The molecule has 0 amide bonds. The Morgan fingerprint density at radius 2 is 1.90 bits per heavy atom. The van der Waals surface area contributed by atoms with Crippen molar-refractivity contribution in [3.63, 3.8) is 0 Å². The van der Waals surface area contributed by atoms with Crippen LogP contribution in [0.2, 0.25) is 0 Å². The molecule has 1 aromatic heterocycles. The Bertz CT molecular complexity index is 740. The fourth-order valence-electron chi connectivity index (χ4n) is 3.17. The molecule has 160 valence electrons. The minimum atomic E-state index is 0. The molecule has 0 aliphatic carbocycles. The molecule has 2 aromatic rings. The first-order chi connectivity index (χ1) is 13.7. The van der Waals surface area contributed by atoms with Gasteiger partial charge in [-0.15, -0.1) is 35.3 Å². The third kappa shape index (κ3) is 7.42. The van der Waals surface area contributed by atoms with E-state index in [9.17, 15) is 0 Å². The van der Waals surface area contributed by atoms with Gasteiger partial charge < -0.3 is 15.0 Å². The molecule has 0 saturated carbocycles. The first-order valence-corrected chi connectivity index (χ1v) is 10.8. The summed E-state index contributed by atoms with van der Waals surface area (Å²) < 4.78 is 5.82. The minimum absolute atomic E-state index is 0. The summed E-state index contributed by atoms with van der Waals surface area (Å²) in [5.74, 6) is 1.93. The van der Waals surface area contributed by atoms with Gasteiger partial charge in [-0.3, -0.25) is 4.90 Å². The number of nitrogens with zero attached hydrogens (tertiary/aromatic N) is 4. The monoisotopic (exact) mass is 529 g/mol. The van der Waals surface area contributed by atoms with Gasteiger partial charge in [-0.25, -0.2) is 9.98 Å². The number of aliphatic imine (C=N–C) groups is 1. The van der Waals surface area contributed by atoms with Crippen molar-refractivity contribution in [2.24, 2.45) is 4.99 Å². The van der Waals surface area contributed by atoms with E-state index >= 15 is 0 Å². The van der Waals surface area contributed by atoms with Crippen molar-refractivity contribution < 1.29 is 4.74 Å². The summed E-state index contributed by atoms with van der Waals surface area (Å²) >= 11 is 1.74. The fourth-order valence-corrected chi connectivity index (χ4v) is 4.03. The summed E-state index contributed by atoms with van der Waals surface area (Å²) in [4.78, 5) is 15.5. The summed E-state index contributed by atoms with van der Waals surface area (Å²) in [6.45, 7) is 13.5. The molecule has 3 rings (SSSR count). The Hall–Kier alpha value is -1.39. The number of nitrogens with one attached hydrogen (secondary N) is 1. The Kier molecular flexibility index (Phi) is 10.2. The number of guanidine groups is 1. The molecule has 1 N–H and O–H groups in total. The number of piperazine rings is 1. The lowest BCUT2D eigenvalue weighted by Gasteiger charge is -2.36. The van der Waals surface area contributed by atoms with Crippen LogP contribution in [0, 0.1) is 13.8 Å². The average Bonchev–Trinajstić information content (AvgIpc) is 3.04. The maximum absolute atomic E-state index is 5.82. The number of benzene rings is 1. The van der Waals surface area contributed by atoms with Gasteiger partial charge in [-0.05, 0) is 32.9 Å². The molecule has 8 heteroatoms. The van der Waals surface area contributed by atoms with Gasteiger partial charge in [0.2, 0.25) is 0 Å². The van der Waals surface area contributed by atoms with Gasteiger partial charge in [0.15, 0.2) is 5.96 Å². The fraction of sp³-hybridized carbons (Fsp3) is 0.524. The molecule has 0 atom stereocenters. The predicted octanol–water partition coefficient (Wildman–Crippen LogP) is 3.54. The Morgan fingerprint density at radius 3 is 2.52 bits per heavy atom. The zero-order chi connectivity index (χ0) is 19.8. The number of rotatable bonds is 7. The lowest BCUT2D eigenvalue weighted by atomic mass is 10.3. The van der Waals surface area contributed by atoms with Crippen molar-refractivity contribution in [2.45, 2.75) is 27.3 Å². The van der Waals surface area contributed by atoms with Gasteiger partial charge in [0, 0.05) is 44.1 Å². The predicted molar refractivity (Wildman–Crippen MR) is 132 cm³/mol. The summed E-state index contributed by atoms with van der Waals surface area (Å²) in [5.41, 5.74) is 1.12. The first kappa shape index (κ1) is 23.9. The van der Waals surface area contributed by atoms with Gasteiger partial charge >= 0.3 is 0 Å². The normalized spacial score (nSPS) is 15.1. The number of halogens is 1. The molecule has 2 heterocycles. The van der Waals surface area contributed by atoms with Crippen molar-refractivity contribution in [2.75, 3.05) is 45.9 Å². The Labute approximate surface area is 195 Å². The van der Waals surface area contributed by atoms with Gasteiger partial charge in [-0.2, -0.15) is 0 Å². The maximum Gasteiger partial charge on any atom is 0.194 e. The Balaban J connectivity index is 0.00000300. The second-order valence-electron chi connectivity index (χ2n) is 6.91. The smallest absolute Gasteiger partial charge is 0.194 e. The second kappa shape index (κ2) is 12.3. The van der Waals surface area contributed by atoms with E-state index in [1.54, 1.807) is 11.3 Å². The zero-order valence-corrected chi connectivity index (χ0v) is 20.7. The quantitative estimate of drug-likeness (QED) is 0.338. The van der Waals surface area contributed by atoms with Gasteiger partial charge in [0.1, 0.15) is 17.4 Å². The zero-order valence-electron chi connectivity index (χ0n) is 17.6. The van der Waals surface area contributed by atoms with E-state index in [0.29, 0.717) is 6.54 Å². The van der Waals surface area contributed by atoms with E-state index in [-0.39, 0.29) is 24.0 Å². The molecule has 0 unspecified atom stereocenters. The van der Waals surface area contributed by atoms with Crippen LogP contribution in [0.25, 0.3) is 0 Å². The summed E-state index contributed by atoms with van der Waals surface area (Å²) in [5, 5.41) is 4.52. The molecule has 1 aliphatic heterocycles. The van der Waals surface area contributed by atoms with E-state index in [0.717, 1.165) is 68.3 Å². The molecular formula is C21H32IN5OS. The van der Waals surface area contributed by atoms with Crippen LogP contribution < -0.4 is 10.1 Å². The molecule has 0 bridgehead atoms. The Morgan fingerprint density at radius 1 is 1.17 bits per heavy atom. The first-order valence-electron chi connectivity index (χ1n) is 10.0. The van der Waals surface area contributed by atoms with Gasteiger partial charge in [-0.1, -0.05) is 18.2 Å². The SMILES string of the molecule is CCNC(=NCc1nc(C)c(C)s1)N1CCN(CCOc2ccccc2)CC1.I. The van der Waals surface area contributed by atoms with Gasteiger partial charge in [0.25, 0.3) is 0 Å². The minimum Gasteiger partial charge on any atom is -0.492 e. The molecule has 6 nitrogen and oxygen atoms in total. The highest BCUT2D eigenvalue weighted by Gasteiger charge is 2.19. The molecule has 29 heavy (non-hydrogen) atoms. The number of ether oxygens (including phenoxy) is 1. The summed E-state index contributed by atoms with van der Waals surface area (Å²) in [6, 6.07) is 10.0. The number of para-hydroxylation sites is 1. The lowest BCUT2D eigenvalue weighted by molar-refractivity contribution is 0.152. The molecule has 1 fully saturated rings. The highest BCUT2D eigenvalue weighted by atomic mass is 127. The largest absolute Gasteiger partial charge is 0.492 e. The van der Waals surface area contributed by atoms with E-state index < -0.39 is 0 Å². The van der Waals surface area contributed by atoms with Crippen molar-refractivity contribution in [3.05, 3.63) is 45.9 Å². The molecule has 1 aromatic carbocycles. The lowest BCUT2D eigenvalue weighted by Crippen LogP contribution is -2.53. The van der Waals surface area contributed by atoms with E-state index in [1.807, 2.05) is 30.3 Å². The standard InChI is InChI=1S/C21H31N5OS.HI/c1-4-22-21(23-16-20-24-17(2)18(3)28-20)26-12-10-25(11-13-26)14-15-27-19-8-6-5-7-9-19;/h5-9H,4,10-16H2,1-3H3,(H,22,23);1H. The van der Waals surface area contributed by atoms with Crippen LogP contribution in [0.5, 0.6) is 5.75 Å². The van der Waals surface area contributed by atoms with Crippen LogP contribution in [0.1, 0.15) is 22.5 Å². The number of hydrogen-bond donors (Lipinski definition) is 1. The van der Waals surface area contributed by atoms with Crippen molar-refractivity contribution >= 4 is 41.3 Å². The average molecular weight is 529 g/mol. The topological polar surface area (TPSA) is 53.0 Å². The van der Waals surface area contributed by atoms with Gasteiger partial charge in [0.05, 0.1) is 12.2 Å². The number of aryl methyl sites for hydroxylation is 2. The van der Waals surface area contributed by atoms with Crippen molar-refractivity contribution in [1.29, 1.82) is 0 Å². The van der Waals surface area contributed by atoms with E-state index in [4.69, 9.17) is 9.73 Å². The van der Waals surface area contributed by atoms with Crippen LogP contribution in [-0.2, 0) is 6.54 Å². The van der Waals surface area contributed by atoms with Crippen LogP contribution in [0.15, 0.2) is 35.3 Å². The highest BCUT2D eigenvalue weighted by Crippen LogP contribution is 2.17. The second-order valence-corrected chi connectivity index (χ2v) is 8.20. The van der Waals surface area contributed by atoms with Crippen molar-refractivity contribution in [1.82, 2.24) is 20.1 Å². The van der Waals surface area contributed by atoms with E-state index in [2.05, 4.69) is 40.9 Å². The summed E-state index contributed by atoms with van der Waals surface area (Å²) in [7, 11) is 0.